The Bertz CT molecular complexity index is 686. The monoisotopic (exact) mass is 338 g/mol. The molecule has 0 aliphatic heterocycles. The SMILES string of the molecule is COc1c(Cl)cc(/C=N/Nc2ccc(C)cc2)c(OC)c1Cl. The van der Waals surface area contributed by atoms with Gasteiger partial charge in [0, 0.05) is 5.56 Å². The molecular formula is C16H16Cl2N2O2. The number of halogens is 2. The van der Waals surface area contributed by atoms with E-state index in [4.69, 9.17) is 32.7 Å². The second-order valence-corrected chi connectivity index (χ2v) is 5.35. The van der Waals surface area contributed by atoms with Gasteiger partial charge < -0.3 is 9.47 Å². The van der Waals surface area contributed by atoms with Crippen molar-refractivity contribution >= 4 is 35.1 Å². The predicted octanol–water partition coefficient (Wildman–Crippen LogP) is 4.77. The molecule has 0 unspecified atom stereocenters. The molecule has 22 heavy (non-hydrogen) atoms. The molecular weight excluding hydrogens is 323 g/mol. The lowest BCUT2D eigenvalue weighted by Gasteiger charge is -2.12. The first-order chi connectivity index (χ1) is 10.6. The molecule has 0 aliphatic rings. The Balaban J connectivity index is 2.25. The molecule has 1 N–H and O–H groups in total. The predicted molar refractivity (Wildman–Crippen MR) is 92.0 cm³/mol. The van der Waals surface area contributed by atoms with Crippen LogP contribution in [0.4, 0.5) is 5.69 Å². The smallest absolute Gasteiger partial charge is 0.159 e. The van der Waals surface area contributed by atoms with Crippen LogP contribution in [0.25, 0.3) is 0 Å². The number of aryl methyl sites for hydroxylation is 1. The second kappa shape index (κ2) is 7.38. The van der Waals surface area contributed by atoms with Gasteiger partial charge in [-0.2, -0.15) is 5.10 Å². The van der Waals surface area contributed by atoms with Crippen LogP contribution in [0.3, 0.4) is 0 Å². The lowest BCUT2D eigenvalue weighted by atomic mass is 10.2. The van der Waals surface area contributed by atoms with Gasteiger partial charge >= 0.3 is 0 Å². The molecule has 6 heteroatoms. The van der Waals surface area contributed by atoms with E-state index < -0.39 is 0 Å². The van der Waals surface area contributed by atoms with E-state index in [0.717, 1.165) is 5.69 Å². The number of ether oxygens (including phenoxy) is 2. The molecule has 0 saturated carbocycles. The number of nitrogens with zero attached hydrogens (tertiary/aromatic N) is 1. The number of hydrogen-bond acceptors (Lipinski definition) is 4. The number of nitrogens with one attached hydrogen (secondary N) is 1. The van der Waals surface area contributed by atoms with E-state index in [1.807, 2.05) is 31.2 Å². The average molecular weight is 339 g/mol. The summed E-state index contributed by atoms with van der Waals surface area (Å²) in [4.78, 5) is 0. The van der Waals surface area contributed by atoms with Crippen molar-refractivity contribution in [3.05, 3.63) is 51.5 Å². The fraction of sp³-hybridized carbons (Fsp3) is 0.188. The van der Waals surface area contributed by atoms with Crippen LogP contribution in [-0.4, -0.2) is 20.4 Å². The number of hydrogen-bond donors (Lipinski definition) is 1. The van der Waals surface area contributed by atoms with Crippen LogP contribution < -0.4 is 14.9 Å². The van der Waals surface area contributed by atoms with E-state index in [2.05, 4.69) is 10.5 Å². The molecule has 0 aliphatic carbocycles. The highest BCUT2D eigenvalue weighted by Crippen LogP contribution is 2.41. The van der Waals surface area contributed by atoms with Gasteiger partial charge in [0.25, 0.3) is 0 Å². The maximum absolute atomic E-state index is 6.22. The number of rotatable bonds is 5. The van der Waals surface area contributed by atoms with Gasteiger partial charge in [-0.1, -0.05) is 40.9 Å². The number of benzene rings is 2. The van der Waals surface area contributed by atoms with E-state index in [9.17, 15) is 0 Å². The highest BCUT2D eigenvalue weighted by molar-refractivity contribution is 6.38. The van der Waals surface area contributed by atoms with Crippen molar-refractivity contribution in [3.63, 3.8) is 0 Å². The summed E-state index contributed by atoms with van der Waals surface area (Å²) < 4.78 is 10.5. The summed E-state index contributed by atoms with van der Waals surface area (Å²) >= 11 is 12.3. The second-order valence-electron chi connectivity index (χ2n) is 4.56. The normalized spacial score (nSPS) is 10.8. The molecule has 0 radical (unpaired) electrons. The molecule has 0 saturated heterocycles. The third kappa shape index (κ3) is 3.64. The largest absolute Gasteiger partial charge is 0.494 e. The summed E-state index contributed by atoms with van der Waals surface area (Å²) in [5, 5.41) is 4.88. The molecule has 0 atom stereocenters. The van der Waals surface area contributed by atoms with E-state index in [-0.39, 0.29) is 0 Å². The van der Waals surface area contributed by atoms with Gasteiger partial charge in [0.05, 0.1) is 31.1 Å². The summed E-state index contributed by atoms with van der Waals surface area (Å²) in [6.07, 6.45) is 1.59. The molecule has 0 amide bonds. The van der Waals surface area contributed by atoms with E-state index in [0.29, 0.717) is 27.1 Å². The van der Waals surface area contributed by atoms with Crippen LogP contribution in [0.2, 0.25) is 10.0 Å². The summed E-state index contributed by atoms with van der Waals surface area (Å²) in [6, 6.07) is 9.57. The zero-order chi connectivity index (χ0) is 16.1. The molecule has 2 rings (SSSR count). The van der Waals surface area contributed by atoms with Gasteiger partial charge in [-0.3, -0.25) is 5.43 Å². The minimum Gasteiger partial charge on any atom is -0.494 e. The van der Waals surface area contributed by atoms with Crippen LogP contribution in [0.15, 0.2) is 35.4 Å². The summed E-state index contributed by atoms with van der Waals surface area (Å²) in [5.41, 5.74) is 5.65. The molecule has 0 bridgehead atoms. The fourth-order valence-electron chi connectivity index (χ4n) is 1.90. The molecule has 116 valence electrons. The Labute approximate surface area is 139 Å². The number of anilines is 1. The topological polar surface area (TPSA) is 42.8 Å². The summed E-state index contributed by atoms with van der Waals surface area (Å²) in [5.74, 6) is 0.834. The van der Waals surface area contributed by atoms with Crippen molar-refractivity contribution in [3.8, 4) is 11.5 Å². The van der Waals surface area contributed by atoms with Crippen LogP contribution in [0.5, 0.6) is 11.5 Å². The Kier molecular flexibility index (Phi) is 5.52. The van der Waals surface area contributed by atoms with Crippen molar-refractivity contribution in [1.29, 1.82) is 0 Å². The number of hydrazone groups is 1. The summed E-state index contributed by atoms with van der Waals surface area (Å²) in [6.45, 7) is 2.03. The lowest BCUT2D eigenvalue weighted by Crippen LogP contribution is -1.97. The minimum absolute atomic E-state index is 0.314. The minimum atomic E-state index is 0.314. The molecule has 0 aromatic heterocycles. The quantitative estimate of drug-likeness (QED) is 0.631. The van der Waals surface area contributed by atoms with Crippen molar-refractivity contribution in [2.75, 3.05) is 19.6 Å². The van der Waals surface area contributed by atoms with Gasteiger partial charge in [0.15, 0.2) is 5.75 Å². The van der Waals surface area contributed by atoms with Crippen LogP contribution in [0, 0.1) is 6.92 Å². The highest BCUT2D eigenvalue weighted by Gasteiger charge is 2.16. The first-order valence-corrected chi connectivity index (χ1v) is 7.28. The number of methoxy groups -OCH3 is 2. The van der Waals surface area contributed by atoms with Gasteiger partial charge in [0.2, 0.25) is 0 Å². The summed E-state index contributed by atoms with van der Waals surface area (Å²) in [7, 11) is 3.03. The fourth-order valence-corrected chi connectivity index (χ4v) is 2.60. The Morgan fingerprint density at radius 1 is 1.05 bits per heavy atom. The van der Waals surface area contributed by atoms with Crippen molar-refractivity contribution in [2.45, 2.75) is 6.92 Å². The van der Waals surface area contributed by atoms with E-state index in [1.54, 1.807) is 12.3 Å². The molecule has 2 aromatic carbocycles. The molecule has 0 heterocycles. The van der Waals surface area contributed by atoms with Gasteiger partial charge in [-0.25, -0.2) is 0 Å². The van der Waals surface area contributed by atoms with E-state index in [1.165, 1.54) is 19.8 Å². The average Bonchev–Trinajstić information content (AvgIpc) is 2.50. The molecule has 2 aromatic rings. The first-order valence-electron chi connectivity index (χ1n) is 6.52. The van der Waals surface area contributed by atoms with Crippen molar-refractivity contribution < 1.29 is 9.47 Å². The van der Waals surface area contributed by atoms with E-state index >= 15 is 0 Å². The first kappa shape index (κ1) is 16.5. The Morgan fingerprint density at radius 3 is 2.27 bits per heavy atom. The zero-order valence-electron chi connectivity index (χ0n) is 12.5. The van der Waals surface area contributed by atoms with Gasteiger partial charge in [-0.15, -0.1) is 0 Å². The van der Waals surface area contributed by atoms with Crippen LogP contribution >= 0.6 is 23.2 Å². The van der Waals surface area contributed by atoms with Crippen molar-refractivity contribution in [1.82, 2.24) is 0 Å². The highest BCUT2D eigenvalue weighted by atomic mass is 35.5. The Morgan fingerprint density at radius 2 is 1.68 bits per heavy atom. The Hall–Kier alpha value is -1.91. The third-order valence-electron chi connectivity index (χ3n) is 3.02. The molecule has 0 spiro atoms. The van der Waals surface area contributed by atoms with Crippen LogP contribution in [-0.2, 0) is 0 Å². The van der Waals surface area contributed by atoms with Gasteiger partial charge in [-0.05, 0) is 25.1 Å². The third-order valence-corrected chi connectivity index (χ3v) is 3.64. The lowest BCUT2D eigenvalue weighted by molar-refractivity contribution is 0.394. The maximum Gasteiger partial charge on any atom is 0.159 e. The van der Waals surface area contributed by atoms with Crippen LogP contribution in [0.1, 0.15) is 11.1 Å². The standard InChI is InChI=1S/C16H16Cl2N2O2/c1-10-4-6-12(7-5-10)20-19-9-11-8-13(17)16(22-3)14(18)15(11)21-2/h4-9,20H,1-3H3/b19-9+. The zero-order valence-corrected chi connectivity index (χ0v) is 14.0. The van der Waals surface area contributed by atoms with Crippen molar-refractivity contribution in [2.24, 2.45) is 5.10 Å². The molecule has 0 fully saturated rings. The molecule has 4 nitrogen and oxygen atoms in total. The van der Waals surface area contributed by atoms with Gasteiger partial charge in [0.1, 0.15) is 10.8 Å². The maximum atomic E-state index is 6.22.